The van der Waals surface area contributed by atoms with Crippen LogP contribution in [0, 0.1) is 12.1 Å². The topological polar surface area (TPSA) is 43.9 Å². The van der Waals surface area contributed by atoms with Crippen LogP contribution in [0.1, 0.15) is 11.1 Å². The highest BCUT2D eigenvalue weighted by atomic mass is 35.5. The Kier molecular flexibility index (Phi) is 3.67. The second-order valence-electron chi connectivity index (χ2n) is 4.14. The third-order valence-corrected chi connectivity index (χ3v) is 3.19. The molecule has 4 nitrogen and oxygen atoms in total. The molecule has 0 aliphatic carbocycles. The summed E-state index contributed by atoms with van der Waals surface area (Å²) in [7, 11) is 1.50. The van der Waals surface area contributed by atoms with Gasteiger partial charge in [0.1, 0.15) is 13.6 Å². The van der Waals surface area contributed by atoms with E-state index in [9.17, 15) is 5.21 Å². The number of rotatable bonds is 3. The molecular weight excluding hydrogens is 250 g/mol. The summed E-state index contributed by atoms with van der Waals surface area (Å²) >= 11 is 5.99. The number of hydrogen-bond donors (Lipinski definition) is 0. The molecule has 0 bridgehead atoms. The molecule has 0 radical (unpaired) electrons. The van der Waals surface area contributed by atoms with Crippen molar-refractivity contribution in [1.29, 1.82) is 0 Å². The third-order valence-electron chi connectivity index (χ3n) is 2.76. The summed E-state index contributed by atoms with van der Waals surface area (Å²) in [5.41, 5.74) is 2.51. The molecule has 0 spiro atoms. The Hall–Kier alpha value is -1.81. The molecule has 5 heteroatoms. The van der Waals surface area contributed by atoms with Gasteiger partial charge >= 0.3 is 0 Å². The van der Waals surface area contributed by atoms with Gasteiger partial charge in [0.05, 0.1) is 6.33 Å². The first-order valence-corrected chi connectivity index (χ1v) is 5.94. The molecule has 0 unspecified atom stereocenters. The summed E-state index contributed by atoms with van der Waals surface area (Å²) in [4.78, 5) is 3.97. The lowest BCUT2D eigenvalue weighted by Crippen LogP contribution is -2.19. The van der Waals surface area contributed by atoms with Gasteiger partial charge in [0.25, 0.3) is 0 Å². The largest absolute Gasteiger partial charge is 0.624 e. The van der Waals surface area contributed by atoms with Crippen molar-refractivity contribution in [3.63, 3.8) is 0 Å². The maximum absolute atomic E-state index is 11.7. The van der Waals surface area contributed by atoms with Crippen molar-refractivity contribution >= 4 is 17.3 Å². The summed E-state index contributed by atoms with van der Waals surface area (Å²) in [5.74, 6) is 0. The van der Waals surface area contributed by atoms with Gasteiger partial charge in [-0.2, -0.15) is 0 Å². The predicted molar refractivity (Wildman–Crippen MR) is 72.1 cm³/mol. The highest BCUT2D eigenvalue weighted by Crippen LogP contribution is 2.17. The van der Waals surface area contributed by atoms with E-state index in [0.29, 0.717) is 17.3 Å². The van der Waals surface area contributed by atoms with Crippen molar-refractivity contribution in [2.45, 2.75) is 13.5 Å². The Bertz CT molecular complexity index is 572. The molecular formula is C13H14ClN3O. The van der Waals surface area contributed by atoms with Crippen LogP contribution in [-0.2, 0) is 6.54 Å². The van der Waals surface area contributed by atoms with Gasteiger partial charge in [0.15, 0.2) is 0 Å². The van der Waals surface area contributed by atoms with Crippen LogP contribution in [0.15, 0.2) is 36.9 Å². The van der Waals surface area contributed by atoms with Crippen LogP contribution in [-0.4, -0.2) is 27.0 Å². The summed E-state index contributed by atoms with van der Waals surface area (Å²) in [6.07, 6.45) is 5.20. The maximum Gasteiger partial charge on any atom is 0.214 e. The number of nitrogens with zero attached hydrogens (tertiary/aromatic N) is 3. The van der Waals surface area contributed by atoms with Gasteiger partial charge < -0.3 is 9.77 Å². The van der Waals surface area contributed by atoms with Crippen LogP contribution >= 0.6 is 11.6 Å². The van der Waals surface area contributed by atoms with Crippen LogP contribution in [0.2, 0.25) is 5.02 Å². The number of aryl methyl sites for hydroxylation is 1. The fourth-order valence-corrected chi connectivity index (χ4v) is 1.87. The molecule has 1 aromatic carbocycles. The maximum atomic E-state index is 11.7. The van der Waals surface area contributed by atoms with Crippen molar-refractivity contribution in [3.05, 3.63) is 58.3 Å². The summed E-state index contributed by atoms with van der Waals surface area (Å²) in [5, 5.41) is 12.4. The van der Waals surface area contributed by atoms with Gasteiger partial charge in [-0.1, -0.05) is 11.6 Å². The molecule has 2 aromatic rings. The first-order chi connectivity index (χ1) is 8.58. The molecule has 0 amide bonds. The van der Waals surface area contributed by atoms with Crippen LogP contribution < -0.4 is 0 Å². The number of aromatic nitrogens is 2. The smallest absolute Gasteiger partial charge is 0.214 e. The number of hydroxylamine groups is 1. The quantitative estimate of drug-likeness (QED) is 0.370. The normalized spacial score (nSPS) is 12.4. The van der Waals surface area contributed by atoms with E-state index in [1.54, 1.807) is 12.5 Å². The highest BCUT2D eigenvalue weighted by molar-refractivity contribution is 6.31. The zero-order valence-electron chi connectivity index (χ0n) is 10.3. The summed E-state index contributed by atoms with van der Waals surface area (Å²) in [6, 6.07) is 5.59. The van der Waals surface area contributed by atoms with Gasteiger partial charge in [0.2, 0.25) is 5.71 Å². The minimum atomic E-state index is 0.487. The Morgan fingerprint density at radius 1 is 1.50 bits per heavy atom. The minimum absolute atomic E-state index is 0.487. The molecule has 0 atom stereocenters. The lowest BCUT2D eigenvalue weighted by molar-refractivity contribution is -0.423. The molecule has 0 saturated heterocycles. The molecule has 1 aromatic heterocycles. The minimum Gasteiger partial charge on any atom is -0.624 e. The van der Waals surface area contributed by atoms with Crippen molar-refractivity contribution < 1.29 is 4.74 Å². The second-order valence-corrected chi connectivity index (χ2v) is 4.55. The van der Waals surface area contributed by atoms with Crippen LogP contribution in [0.3, 0.4) is 0 Å². The Labute approximate surface area is 111 Å². The van der Waals surface area contributed by atoms with Gasteiger partial charge in [-0.05, 0) is 30.7 Å². The average molecular weight is 264 g/mol. The van der Waals surface area contributed by atoms with Gasteiger partial charge in [-0.15, -0.1) is 0 Å². The van der Waals surface area contributed by atoms with Crippen molar-refractivity contribution in [1.82, 2.24) is 9.55 Å². The zero-order valence-corrected chi connectivity index (χ0v) is 11.1. The SMILES string of the molecule is Cc1cc(/C(Cn2ccnc2)=[N+](\C)[O-])ccc1Cl. The van der Waals surface area contributed by atoms with E-state index in [2.05, 4.69) is 4.98 Å². The average Bonchev–Trinajstić information content (AvgIpc) is 2.82. The number of hydrogen-bond acceptors (Lipinski definition) is 2. The molecule has 18 heavy (non-hydrogen) atoms. The van der Waals surface area contributed by atoms with Crippen LogP contribution in [0.5, 0.6) is 0 Å². The molecule has 0 aliphatic heterocycles. The van der Waals surface area contributed by atoms with Gasteiger partial charge in [-0.3, -0.25) is 0 Å². The highest BCUT2D eigenvalue weighted by Gasteiger charge is 2.13. The Morgan fingerprint density at radius 2 is 2.28 bits per heavy atom. The van der Waals surface area contributed by atoms with Crippen molar-refractivity contribution in [3.8, 4) is 0 Å². The standard InChI is InChI=1S/C13H14ClN3O/c1-10-7-11(3-4-12(10)14)13(16(2)18)8-17-6-5-15-9-17/h3-7,9H,8H2,1-2H3/b16-13+. The fourth-order valence-electron chi connectivity index (χ4n) is 1.75. The van der Waals surface area contributed by atoms with Crippen LogP contribution in [0.4, 0.5) is 0 Å². The summed E-state index contributed by atoms with van der Waals surface area (Å²) in [6.45, 7) is 2.41. The second kappa shape index (κ2) is 5.23. The van der Waals surface area contributed by atoms with E-state index in [0.717, 1.165) is 15.9 Å². The van der Waals surface area contributed by atoms with E-state index >= 15 is 0 Å². The molecule has 0 N–H and O–H groups in total. The molecule has 0 fully saturated rings. The van der Waals surface area contributed by atoms with E-state index in [1.165, 1.54) is 7.05 Å². The lowest BCUT2D eigenvalue weighted by atomic mass is 10.1. The first-order valence-electron chi connectivity index (χ1n) is 5.57. The molecule has 94 valence electrons. The van der Waals surface area contributed by atoms with Crippen molar-refractivity contribution in [2.75, 3.05) is 7.05 Å². The van der Waals surface area contributed by atoms with E-state index in [4.69, 9.17) is 11.6 Å². The Balaban J connectivity index is 2.37. The number of benzene rings is 1. The summed E-state index contributed by atoms with van der Waals surface area (Å²) < 4.78 is 2.73. The molecule has 1 heterocycles. The lowest BCUT2D eigenvalue weighted by Gasteiger charge is -2.09. The van der Waals surface area contributed by atoms with E-state index in [-0.39, 0.29) is 0 Å². The predicted octanol–water partition coefficient (Wildman–Crippen LogP) is 2.47. The van der Waals surface area contributed by atoms with E-state index < -0.39 is 0 Å². The van der Waals surface area contributed by atoms with Crippen LogP contribution in [0.25, 0.3) is 0 Å². The molecule has 2 rings (SSSR count). The monoisotopic (exact) mass is 263 g/mol. The zero-order chi connectivity index (χ0) is 13.1. The third kappa shape index (κ3) is 2.71. The fraction of sp³-hybridized carbons (Fsp3) is 0.231. The molecule has 0 saturated carbocycles. The van der Waals surface area contributed by atoms with Crippen molar-refractivity contribution in [2.24, 2.45) is 0 Å². The van der Waals surface area contributed by atoms with E-state index in [1.807, 2.05) is 35.9 Å². The number of halogens is 1. The molecule has 0 aliphatic rings. The van der Waals surface area contributed by atoms with Gasteiger partial charge in [-0.25, -0.2) is 9.72 Å². The number of imidazole rings is 1. The van der Waals surface area contributed by atoms with Gasteiger partial charge in [0, 0.05) is 23.0 Å². The Morgan fingerprint density at radius 3 is 2.83 bits per heavy atom. The first kappa shape index (κ1) is 12.6.